The summed E-state index contributed by atoms with van der Waals surface area (Å²) in [5.41, 5.74) is 0.492. The minimum atomic E-state index is -3.22. The molecule has 0 aliphatic rings. The zero-order valence-electron chi connectivity index (χ0n) is 7.13. The number of nitrogens with zero attached hydrogens (tertiary/aromatic N) is 3. The van der Waals surface area contributed by atoms with E-state index in [0.29, 0.717) is 11.4 Å². The molecule has 0 unspecified atom stereocenters. The van der Waals surface area contributed by atoms with Crippen molar-refractivity contribution < 1.29 is 8.42 Å². The molecule has 0 atom stereocenters. The molecule has 2 aromatic rings. The van der Waals surface area contributed by atoms with Crippen LogP contribution in [0.1, 0.15) is 0 Å². The predicted molar refractivity (Wildman–Crippen MR) is 50.6 cm³/mol. The fourth-order valence-corrected chi connectivity index (χ4v) is 3.06. The number of H-pyrrole nitrogens is 1. The topological polar surface area (TPSA) is 88.6 Å². The molecular formula is C6H6N4O2S2. The van der Waals surface area contributed by atoms with Crippen LogP contribution in [0.2, 0.25) is 0 Å². The van der Waals surface area contributed by atoms with Crippen LogP contribution in [0.4, 0.5) is 0 Å². The Balaban J connectivity index is 2.62. The van der Waals surface area contributed by atoms with Gasteiger partial charge in [-0.05, 0) is 16.7 Å². The Morgan fingerprint density at radius 1 is 1.50 bits per heavy atom. The van der Waals surface area contributed by atoms with E-state index in [4.69, 9.17) is 0 Å². The number of nitrogens with one attached hydrogen (secondary N) is 1. The molecule has 2 aromatic heterocycles. The lowest BCUT2D eigenvalue weighted by Crippen LogP contribution is -1.96. The van der Waals surface area contributed by atoms with Crippen LogP contribution < -0.4 is 0 Å². The number of thiophene rings is 1. The third-order valence-corrected chi connectivity index (χ3v) is 4.35. The van der Waals surface area contributed by atoms with Crippen molar-refractivity contribution in [3.05, 3.63) is 11.4 Å². The summed E-state index contributed by atoms with van der Waals surface area (Å²) >= 11 is 1.15. The van der Waals surface area contributed by atoms with Crippen LogP contribution in [0, 0.1) is 0 Å². The Morgan fingerprint density at radius 2 is 2.29 bits per heavy atom. The number of sulfone groups is 1. The smallest absolute Gasteiger partial charge is 0.206 e. The summed E-state index contributed by atoms with van der Waals surface area (Å²) in [4.78, 5) is 0. The normalized spacial score (nSPS) is 11.8. The Bertz CT molecular complexity index is 528. The van der Waals surface area contributed by atoms with E-state index in [0.717, 1.165) is 17.6 Å². The fourth-order valence-electron chi connectivity index (χ4n) is 1.02. The van der Waals surface area contributed by atoms with Crippen LogP contribution in [-0.2, 0) is 9.84 Å². The first-order valence-electron chi connectivity index (χ1n) is 3.60. The molecule has 2 heterocycles. The van der Waals surface area contributed by atoms with Gasteiger partial charge in [-0.25, -0.2) is 8.42 Å². The average Bonchev–Trinajstić information content (AvgIpc) is 2.73. The number of hydrogen-bond acceptors (Lipinski definition) is 6. The number of tetrazole rings is 1. The average molecular weight is 230 g/mol. The highest BCUT2D eigenvalue weighted by atomic mass is 32.2. The van der Waals surface area contributed by atoms with Crippen molar-refractivity contribution in [1.82, 2.24) is 20.6 Å². The zero-order chi connectivity index (χ0) is 10.2. The standard InChI is InChI=1S/C6H6N4O2S2/c1-14(11,12)6-4(2-3-13-6)5-7-9-10-8-5/h2-3H,1H3,(H,7,8,9,10). The van der Waals surface area contributed by atoms with E-state index in [2.05, 4.69) is 20.6 Å². The van der Waals surface area contributed by atoms with E-state index in [1.807, 2.05) is 0 Å². The van der Waals surface area contributed by atoms with E-state index in [1.54, 1.807) is 11.4 Å². The van der Waals surface area contributed by atoms with Gasteiger partial charge in [0.1, 0.15) is 4.21 Å². The van der Waals surface area contributed by atoms with Gasteiger partial charge in [-0.1, -0.05) is 0 Å². The first-order valence-corrected chi connectivity index (χ1v) is 6.37. The van der Waals surface area contributed by atoms with E-state index >= 15 is 0 Å². The summed E-state index contributed by atoms with van der Waals surface area (Å²) in [6, 6.07) is 1.66. The second kappa shape index (κ2) is 3.14. The second-order valence-corrected chi connectivity index (χ2v) is 5.76. The van der Waals surface area contributed by atoms with Gasteiger partial charge in [0.2, 0.25) is 5.82 Å². The van der Waals surface area contributed by atoms with Crippen LogP contribution in [0.15, 0.2) is 15.7 Å². The SMILES string of the molecule is CS(=O)(=O)c1sccc1-c1nn[nH]n1. The molecule has 6 nitrogen and oxygen atoms in total. The lowest BCUT2D eigenvalue weighted by atomic mass is 10.3. The lowest BCUT2D eigenvalue weighted by Gasteiger charge is -1.95. The molecule has 1 N–H and O–H groups in total. The highest BCUT2D eigenvalue weighted by Crippen LogP contribution is 2.28. The monoisotopic (exact) mass is 230 g/mol. The molecule has 14 heavy (non-hydrogen) atoms. The van der Waals surface area contributed by atoms with E-state index in [-0.39, 0.29) is 4.21 Å². The van der Waals surface area contributed by atoms with E-state index in [1.165, 1.54) is 0 Å². The van der Waals surface area contributed by atoms with Gasteiger partial charge in [-0.2, -0.15) is 5.21 Å². The van der Waals surface area contributed by atoms with E-state index < -0.39 is 9.84 Å². The highest BCUT2D eigenvalue weighted by molar-refractivity contribution is 7.92. The van der Waals surface area contributed by atoms with Crippen LogP contribution >= 0.6 is 11.3 Å². The van der Waals surface area contributed by atoms with Crippen molar-refractivity contribution in [1.29, 1.82) is 0 Å². The lowest BCUT2D eigenvalue weighted by molar-refractivity contribution is 0.604. The summed E-state index contributed by atoms with van der Waals surface area (Å²) in [5.74, 6) is 0.298. The quantitative estimate of drug-likeness (QED) is 0.803. The van der Waals surface area contributed by atoms with Crippen molar-refractivity contribution in [3.63, 3.8) is 0 Å². The number of hydrogen-bond donors (Lipinski definition) is 1. The maximum atomic E-state index is 11.3. The molecule has 0 aromatic carbocycles. The number of rotatable bonds is 2. The van der Waals surface area contributed by atoms with Crippen LogP contribution in [0.5, 0.6) is 0 Å². The summed E-state index contributed by atoms with van der Waals surface area (Å²) < 4.78 is 22.9. The summed E-state index contributed by atoms with van der Waals surface area (Å²) in [6.07, 6.45) is 1.16. The molecular weight excluding hydrogens is 224 g/mol. The molecule has 0 aliphatic carbocycles. The van der Waals surface area contributed by atoms with Gasteiger partial charge in [0.15, 0.2) is 9.84 Å². The maximum Gasteiger partial charge on any atom is 0.206 e. The predicted octanol–water partition coefficient (Wildman–Crippen LogP) is 0.332. The van der Waals surface area contributed by atoms with Gasteiger partial charge in [0.25, 0.3) is 0 Å². The van der Waals surface area contributed by atoms with Gasteiger partial charge in [0, 0.05) is 6.26 Å². The van der Waals surface area contributed by atoms with Gasteiger partial charge < -0.3 is 0 Å². The maximum absolute atomic E-state index is 11.3. The molecule has 0 amide bonds. The van der Waals surface area contributed by atoms with Crippen LogP contribution in [0.3, 0.4) is 0 Å². The number of aromatic nitrogens is 4. The van der Waals surface area contributed by atoms with Crippen molar-refractivity contribution >= 4 is 21.2 Å². The Hall–Kier alpha value is -1.28. The first-order chi connectivity index (χ1) is 6.59. The third-order valence-electron chi connectivity index (χ3n) is 1.55. The highest BCUT2D eigenvalue weighted by Gasteiger charge is 2.18. The van der Waals surface area contributed by atoms with Gasteiger partial charge in [0.05, 0.1) is 5.56 Å². The number of aromatic amines is 1. The van der Waals surface area contributed by atoms with Crippen molar-refractivity contribution in [2.24, 2.45) is 0 Å². The van der Waals surface area contributed by atoms with Crippen LogP contribution in [0.25, 0.3) is 11.4 Å². The van der Waals surface area contributed by atoms with Crippen LogP contribution in [-0.4, -0.2) is 35.3 Å². The van der Waals surface area contributed by atoms with Gasteiger partial charge >= 0.3 is 0 Å². The Morgan fingerprint density at radius 3 is 2.86 bits per heavy atom. The van der Waals surface area contributed by atoms with Crippen molar-refractivity contribution in [3.8, 4) is 11.4 Å². The van der Waals surface area contributed by atoms with Crippen molar-refractivity contribution in [2.45, 2.75) is 4.21 Å². The molecule has 0 saturated carbocycles. The van der Waals surface area contributed by atoms with Gasteiger partial charge in [-0.3, -0.25) is 0 Å². The Kier molecular flexibility index (Phi) is 2.08. The third kappa shape index (κ3) is 1.53. The van der Waals surface area contributed by atoms with E-state index in [9.17, 15) is 8.42 Å². The Labute approximate surface area is 83.9 Å². The largest absolute Gasteiger partial charge is 0.223 e. The summed E-state index contributed by atoms with van der Waals surface area (Å²) in [6.45, 7) is 0. The summed E-state index contributed by atoms with van der Waals surface area (Å²) in [5, 5.41) is 14.8. The fraction of sp³-hybridized carbons (Fsp3) is 0.167. The minimum Gasteiger partial charge on any atom is -0.223 e. The van der Waals surface area contributed by atoms with Gasteiger partial charge in [-0.15, -0.1) is 21.5 Å². The molecule has 0 spiro atoms. The molecule has 0 saturated heterocycles. The summed E-state index contributed by atoms with van der Waals surface area (Å²) in [7, 11) is -3.22. The zero-order valence-corrected chi connectivity index (χ0v) is 8.76. The van der Waals surface area contributed by atoms with Crippen molar-refractivity contribution in [2.75, 3.05) is 6.26 Å². The molecule has 0 radical (unpaired) electrons. The molecule has 2 rings (SSSR count). The first kappa shape index (κ1) is 9.28. The molecule has 74 valence electrons. The molecule has 8 heteroatoms. The molecule has 0 bridgehead atoms. The molecule has 0 fully saturated rings. The molecule has 0 aliphatic heterocycles. The second-order valence-electron chi connectivity index (χ2n) is 2.63. The minimum absolute atomic E-state index is 0.263.